The molecule has 1 aromatic carbocycles. The van der Waals surface area contributed by atoms with Gasteiger partial charge in [0.1, 0.15) is 12.3 Å². The average molecular weight is 231 g/mol. The van der Waals surface area contributed by atoms with Crippen molar-refractivity contribution < 1.29 is 9.53 Å². The summed E-state index contributed by atoms with van der Waals surface area (Å²) in [5.41, 5.74) is 7.74. The highest BCUT2D eigenvalue weighted by molar-refractivity contribution is 5.96. The van der Waals surface area contributed by atoms with Crippen LogP contribution in [0.15, 0.2) is 48.7 Å². The summed E-state index contributed by atoms with van der Waals surface area (Å²) in [6.45, 7) is 5.61. The van der Waals surface area contributed by atoms with E-state index in [-0.39, 0.29) is 12.3 Å². The Labute approximate surface area is 102 Å². The number of esters is 1. The van der Waals surface area contributed by atoms with Crippen LogP contribution in [-0.4, -0.2) is 12.6 Å². The molecule has 0 saturated heterocycles. The molecule has 0 unspecified atom stereocenters. The van der Waals surface area contributed by atoms with Gasteiger partial charge < -0.3 is 10.5 Å². The van der Waals surface area contributed by atoms with Crippen molar-refractivity contribution in [1.82, 2.24) is 0 Å². The van der Waals surface area contributed by atoms with Gasteiger partial charge >= 0.3 is 5.97 Å². The van der Waals surface area contributed by atoms with E-state index in [0.717, 1.165) is 11.1 Å². The maximum atomic E-state index is 11.6. The third kappa shape index (κ3) is 3.48. The molecule has 3 nitrogen and oxygen atoms in total. The number of allylic oxidation sites excluding steroid dienone is 1. The summed E-state index contributed by atoms with van der Waals surface area (Å²) in [4.78, 5) is 11.6. The lowest BCUT2D eigenvalue weighted by molar-refractivity contribution is -0.137. The highest BCUT2D eigenvalue weighted by Gasteiger charge is 2.12. The number of ether oxygens (including phenoxy) is 1. The third-order valence-electron chi connectivity index (χ3n) is 2.35. The molecule has 0 radical (unpaired) electrons. The van der Waals surface area contributed by atoms with Crippen LogP contribution < -0.4 is 5.73 Å². The molecule has 2 N–H and O–H groups in total. The Bertz CT molecular complexity index is 421. The first-order chi connectivity index (χ1) is 8.20. The van der Waals surface area contributed by atoms with E-state index in [1.807, 2.05) is 37.3 Å². The molecule has 1 aromatic rings. The smallest absolute Gasteiger partial charge is 0.354 e. The van der Waals surface area contributed by atoms with Gasteiger partial charge in [-0.3, -0.25) is 0 Å². The quantitative estimate of drug-likeness (QED) is 0.481. The number of nitrogens with two attached hydrogens (primary N) is 1. The van der Waals surface area contributed by atoms with E-state index in [9.17, 15) is 4.79 Å². The van der Waals surface area contributed by atoms with Gasteiger partial charge in [-0.05, 0) is 17.6 Å². The van der Waals surface area contributed by atoms with Crippen molar-refractivity contribution in [2.45, 2.75) is 13.3 Å². The Hall–Kier alpha value is -2.03. The summed E-state index contributed by atoms with van der Waals surface area (Å²) >= 11 is 0. The predicted molar refractivity (Wildman–Crippen MR) is 69.0 cm³/mol. The fraction of sp³-hybridized carbons (Fsp3) is 0.214. The van der Waals surface area contributed by atoms with E-state index < -0.39 is 5.97 Å². The highest BCUT2D eigenvalue weighted by Crippen LogP contribution is 2.20. The largest absolute Gasteiger partial charge is 0.457 e. The van der Waals surface area contributed by atoms with Crippen LogP contribution in [0, 0.1) is 0 Å². The molecule has 90 valence electrons. The zero-order valence-corrected chi connectivity index (χ0v) is 9.98. The normalized spacial score (nSPS) is 11.6. The molecule has 0 aliphatic heterocycles. The van der Waals surface area contributed by atoms with Gasteiger partial charge in [-0.2, -0.15) is 0 Å². The maximum absolute atomic E-state index is 11.6. The van der Waals surface area contributed by atoms with Crippen LogP contribution in [0.3, 0.4) is 0 Å². The van der Waals surface area contributed by atoms with Gasteiger partial charge in [0.05, 0.1) is 0 Å². The Kier molecular flexibility index (Phi) is 5.01. The molecule has 3 heteroatoms. The molecule has 0 saturated carbocycles. The SMILES string of the molecule is C=CCOC(=O)/C(N)=C(/CC)c1ccccc1. The van der Waals surface area contributed by atoms with E-state index in [1.165, 1.54) is 6.08 Å². The van der Waals surface area contributed by atoms with Crippen molar-refractivity contribution in [2.24, 2.45) is 5.73 Å². The summed E-state index contributed by atoms with van der Waals surface area (Å²) in [7, 11) is 0. The van der Waals surface area contributed by atoms with E-state index in [0.29, 0.717) is 6.42 Å². The summed E-state index contributed by atoms with van der Waals surface area (Å²) in [6, 6.07) is 9.59. The number of carbonyl (C=O) groups excluding carboxylic acids is 1. The molecule has 0 amide bonds. The van der Waals surface area contributed by atoms with Crippen LogP contribution in [0.5, 0.6) is 0 Å². The summed E-state index contributed by atoms with van der Waals surface area (Å²) < 4.78 is 4.92. The van der Waals surface area contributed by atoms with Gasteiger partial charge in [-0.15, -0.1) is 0 Å². The molecular weight excluding hydrogens is 214 g/mol. The molecule has 0 atom stereocenters. The first-order valence-corrected chi connectivity index (χ1v) is 5.52. The standard InChI is InChI=1S/C14H17NO2/c1-3-10-17-14(16)13(15)12(4-2)11-8-6-5-7-9-11/h3,5-9H,1,4,10,15H2,2H3/b13-12+. The fourth-order valence-electron chi connectivity index (χ4n) is 1.52. The van der Waals surface area contributed by atoms with Crippen LogP contribution in [0.2, 0.25) is 0 Å². The molecule has 0 heterocycles. The van der Waals surface area contributed by atoms with E-state index in [4.69, 9.17) is 10.5 Å². The maximum Gasteiger partial charge on any atom is 0.354 e. The number of benzene rings is 1. The van der Waals surface area contributed by atoms with Crippen molar-refractivity contribution in [3.63, 3.8) is 0 Å². The van der Waals surface area contributed by atoms with Gasteiger partial charge in [0, 0.05) is 0 Å². The molecule has 0 aliphatic rings. The van der Waals surface area contributed by atoms with Crippen LogP contribution in [-0.2, 0) is 9.53 Å². The van der Waals surface area contributed by atoms with E-state index in [2.05, 4.69) is 6.58 Å². The van der Waals surface area contributed by atoms with Crippen LogP contribution >= 0.6 is 0 Å². The number of rotatable bonds is 5. The molecule has 0 bridgehead atoms. The first kappa shape index (κ1) is 13.0. The first-order valence-electron chi connectivity index (χ1n) is 5.52. The van der Waals surface area contributed by atoms with Gasteiger partial charge in [0.25, 0.3) is 0 Å². The van der Waals surface area contributed by atoms with Gasteiger partial charge in [0.2, 0.25) is 0 Å². The minimum atomic E-state index is -0.495. The lowest BCUT2D eigenvalue weighted by Crippen LogP contribution is -2.17. The molecule has 0 aromatic heterocycles. The second-order valence-corrected chi connectivity index (χ2v) is 3.50. The van der Waals surface area contributed by atoms with Crippen molar-refractivity contribution in [1.29, 1.82) is 0 Å². The topological polar surface area (TPSA) is 52.3 Å². The predicted octanol–water partition coefficient (Wildman–Crippen LogP) is 2.50. The Balaban J connectivity index is 2.98. The summed E-state index contributed by atoms with van der Waals surface area (Å²) in [6.07, 6.45) is 2.19. The zero-order chi connectivity index (χ0) is 12.7. The van der Waals surface area contributed by atoms with Crippen LogP contribution in [0.25, 0.3) is 5.57 Å². The van der Waals surface area contributed by atoms with E-state index in [1.54, 1.807) is 0 Å². The lowest BCUT2D eigenvalue weighted by atomic mass is 10.0. The van der Waals surface area contributed by atoms with Crippen molar-refractivity contribution in [3.8, 4) is 0 Å². The second-order valence-electron chi connectivity index (χ2n) is 3.50. The Morgan fingerprint density at radius 2 is 2.06 bits per heavy atom. The Morgan fingerprint density at radius 3 is 2.59 bits per heavy atom. The van der Waals surface area contributed by atoms with Gasteiger partial charge in [0.15, 0.2) is 0 Å². The number of carbonyl (C=O) groups is 1. The minimum Gasteiger partial charge on any atom is -0.457 e. The average Bonchev–Trinajstić information content (AvgIpc) is 2.38. The van der Waals surface area contributed by atoms with E-state index >= 15 is 0 Å². The van der Waals surface area contributed by atoms with Gasteiger partial charge in [-0.1, -0.05) is 49.9 Å². The lowest BCUT2D eigenvalue weighted by Gasteiger charge is -2.09. The third-order valence-corrected chi connectivity index (χ3v) is 2.35. The van der Waals surface area contributed by atoms with Crippen LogP contribution in [0.1, 0.15) is 18.9 Å². The highest BCUT2D eigenvalue weighted by atomic mass is 16.5. The summed E-state index contributed by atoms with van der Waals surface area (Å²) in [5.74, 6) is -0.495. The zero-order valence-electron chi connectivity index (χ0n) is 9.98. The molecule has 0 spiro atoms. The fourth-order valence-corrected chi connectivity index (χ4v) is 1.52. The Morgan fingerprint density at radius 1 is 1.41 bits per heavy atom. The molecule has 1 rings (SSSR count). The van der Waals surface area contributed by atoms with Crippen molar-refractivity contribution >= 4 is 11.5 Å². The van der Waals surface area contributed by atoms with Crippen LogP contribution in [0.4, 0.5) is 0 Å². The van der Waals surface area contributed by atoms with Gasteiger partial charge in [-0.25, -0.2) is 4.79 Å². The van der Waals surface area contributed by atoms with Crippen molar-refractivity contribution in [3.05, 3.63) is 54.2 Å². The molecule has 0 fully saturated rings. The van der Waals surface area contributed by atoms with Crippen molar-refractivity contribution in [2.75, 3.05) is 6.61 Å². The monoisotopic (exact) mass is 231 g/mol. The summed E-state index contributed by atoms with van der Waals surface area (Å²) in [5, 5.41) is 0. The number of hydrogen-bond acceptors (Lipinski definition) is 3. The minimum absolute atomic E-state index is 0.167. The second kappa shape index (κ2) is 6.53. The molecule has 0 aliphatic carbocycles. The molecule has 17 heavy (non-hydrogen) atoms. The number of hydrogen-bond donors (Lipinski definition) is 1. The molecular formula is C14H17NO2.